The van der Waals surface area contributed by atoms with Gasteiger partial charge in [-0.3, -0.25) is 4.79 Å². The van der Waals surface area contributed by atoms with Gasteiger partial charge in [-0.1, -0.05) is 0 Å². The molecule has 0 spiro atoms. The van der Waals surface area contributed by atoms with Crippen molar-refractivity contribution in [3.63, 3.8) is 0 Å². The van der Waals surface area contributed by atoms with Gasteiger partial charge < -0.3 is 24.4 Å². The largest absolute Gasteiger partial charge is 0.490 e. The van der Waals surface area contributed by atoms with E-state index in [0.717, 1.165) is 0 Å². The van der Waals surface area contributed by atoms with Gasteiger partial charge >= 0.3 is 12.1 Å². The summed E-state index contributed by atoms with van der Waals surface area (Å²) in [6.45, 7) is 5.88. The van der Waals surface area contributed by atoms with Crippen LogP contribution in [-0.2, 0) is 4.74 Å². The summed E-state index contributed by atoms with van der Waals surface area (Å²) in [5, 5.41) is 0. The van der Waals surface area contributed by atoms with E-state index >= 15 is 0 Å². The Hall–Kier alpha value is -3.10. The Balaban J connectivity index is 2.46. The lowest BCUT2D eigenvalue weighted by Gasteiger charge is -2.11. The van der Waals surface area contributed by atoms with Gasteiger partial charge in [0.15, 0.2) is 29.1 Å². The van der Waals surface area contributed by atoms with Crippen LogP contribution in [-0.4, -0.2) is 30.3 Å². The van der Waals surface area contributed by atoms with Crippen molar-refractivity contribution in [2.75, 3.05) is 13.2 Å². The average molecular weight is 366 g/mol. The van der Waals surface area contributed by atoms with Crippen LogP contribution < -0.4 is 15.2 Å². The third-order valence-electron chi connectivity index (χ3n) is 3.29. The first-order valence-corrected chi connectivity index (χ1v) is 7.94. The van der Waals surface area contributed by atoms with Crippen LogP contribution in [0.25, 0.3) is 11.5 Å². The second kappa shape index (κ2) is 8.32. The molecule has 0 radical (unpaired) electrons. The first kappa shape index (κ1) is 19.2. The molecule has 0 aliphatic heterocycles. The molecule has 2 N–H and O–H groups in total. The van der Waals surface area contributed by atoms with Crippen molar-refractivity contribution >= 4 is 12.1 Å². The number of rotatable bonds is 8. The zero-order valence-electron chi connectivity index (χ0n) is 14.6. The summed E-state index contributed by atoms with van der Waals surface area (Å²) in [7, 11) is 0. The molecule has 2 aromatic rings. The Kier molecular flexibility index (Phi) is 6.16. The van der Waals surface area contributed by atoms with Crippen LogP contribution >= 0.6 is 0 Å². The molecule has 140 valence electrons. The number of hydrogen-bond donors (Lipinski definition) is 1. The van der Waals surface area contributed by atoms with E-state index in [1.165, 1.54) is 6.92 Å². The van der Waals surface area contributed by atoms with Crippen molar-refractivity contribution in [1.82, 2.24) is 4.98 Å². The summed E-state index contributed by atoms with van der Waals surface area (Å²) in [6, 6.07) is 3.05. The fourth-order valence-electron chi connectivity index (χ4n) is 2.28. The molecule has 1 atom stereocenters. The standard InChI is InChI=1S/C17H19FN2O6/c1-4-23-11-7-6-10(8-12(11)24-5-2)16-20-13(15(18)21)14(26-16)9(3)25-17(19)22/h6-9H,4-5H2,1-3H3,(H2,19,22). The van der Waals surface area contributed by atoms with E-state index < -0.39 is 23.9 Å². The maximum atomic E-state index is 13.3. The first-order valence-electron chi connectivity index (χ1n) is 7.94. The van der Waals surface area contributed by atoms with Crippen molar-refractivity contribution in [1.29, 1.82) is 0 Å². The lowest BCUT2D eigenvalue weighted by molar-refractivity contribution is 0.0802. The minimum absolute atomic E-state index is 0.0371. The zero-order chi connectivity index (χ0) is 19.3. The molecule has 2 rings (SSSR count). The van der Waals surface area contributed by atoms with Crippen LogP contribution in [0, 0.1) is 0 Å². The van der Waals surface area contributed by atoms with E-state index in [0.29, 0.717) is 30.3 Å². The molecule has 0 aliphatic carbocycles. The van der Waals surface area contributed by atoms with Gasteiger partial charge in [0, 0.05) is 5.56 Å². The number of benzene rings is 1. The lowest BCUT2D eigenvalue weighted by Crippen LogP contribution is -2.16. The van der Waals surface area contributed by atoms with Crippen molar-refractivity contribution < 1.29 is 32.6 Å². The molecule has 0 saturated heterocycles. The summed E-state index contributed by atoms with van der Waals surface area (Å²) in [4.78, 5) is 26.0. The lowest BCUT2D eigenvalue weighted by atomic mass is 10.2. The molecular formula is C17H19FN2O6. The molecule has 1 aromatic carbocycles. The van der Waals surface area contributed by atoms with Crippen LogP contribution in [0.1, 0.15) is 43.1 Å². The van der Waals surface area contributed by atoms with Crippen LogP contribution in [0.5, 0.6) is 11.5 Å². The Morgan fingerprint density at radius 3 is 2.46 bits per heavy atom. The zero-order valence-corrected chi connectivity index (χ0v) is 14.6. The second-order valence-corrected chi connectivity index (χ2v) is 5.11. The predicted molar refractivity (Wildman–Crippen MR) is 88.8 cm³/mol. The highest BCUT2D eigenvalue weighted by molar-refractivity contribution is 5.88. The third-order valence-corrected chi connectivity index (χ3v) is 3.29. The minimum atomic E-state index is -1.81. The maximum absolute atomic E-state index is 13.3. The van der Waals surface area contributed by atoms with Gasteiger partial charge in [0.1, 0.15) is 0 Å². The summed E-state index contributed by atoms with van der Waals surface area (Å²) < 4.78 is 34.5. The highest BCUT2D eigenvalue weighted by atomic mass is 19.1. The molecule has 9 heteroatoms. The number of carbonyl (C=O) groups excluding carboxylic acids is 2. The van der Waals surface area contributed by atoms with Gasteiger partial charge in [0.25, 0.3) is 0 Å². The molecule has 0 saturated carbocycles. The number of amides is 1. The molecule has 0 aliphatic rings. The van der Waals surface area contributed by atoms with E-state index in [1.54, 1.807) is 18.2 Å². The summed E-state index contributed by atoms with van der Waals surface area (Å²) in [5.74, 6) is 0.696. The monoisotopic (exact) mass is 366 g/mol. The maximum Gasteiger partial charge on any atom is 0.405 e. The predicted octanol–water partition coefficient (Wildman–Crippen LogP) is 3.41. The second-order valence-electron chi connectivity index (χ2n) is 5.11. The normalized spacial score (nSPS) is 11.7. The number of nitrogens with zero attached hydrogens (tertiary/aromatic N) is 1. The van der Waals surface area contributed by atoms with Crippen LogP contribution in [0.2, 0.25) is 0 Å². The highest BCUT2D eigenvalue weighted by Gasteiger charge is 2.27. The molecule has 1 unspecified atom stereocenters. The number of aromatic nitrogens is 1. The van der Waals surface area contributed by atoms with E-state index in [4.69, 9.17) is 24.4 Å². The number of primary amides is 1. The third kappa shape index (κ3) is 4.29. The smallest absolute Gasteiger partial charge is 0.405 e. The molecular weight excluding hydrogens is 347 g/mol. The van der Waals surface area contributed by atoms with Gasteiger partial charge in [0.2, 0.25) is 5.89 Å². The molecule has 1 amide bonds. The Bertz CT molecular complexity index is 805. The first-order chi connectivity index (χ1) is 12.4. The van der Waals surface area contributed by atoms with Gasteiger partial charge in [-0.15, -0.1) is 0 Å². The van der Waals surface area contributed by atoms with Crippen LogP contribution in [0.15, 0.2) is 22.6 Å². The van der Waals surface area contributed by atoms with E-state index in [1.807, 2.05) is 13.8 Å². The van der Waals surface area contributed by atoms with E-state index in [2.05, 4.69) is 4.98 Å². The molecule has 0 fully saturated rings. The van der Waals surface area contributed by atoms with Crippen molar-refractivity contribution in [2.45, 2.75) is 26.9 Å². The quantitative estimate of drug-likeness (QED) is 0.712. The van der Waals surface area contributed by atoms with Crippen LogP contribution in [0.3, 0.4) is 0 Å². The summed E-state index contributed by atoms with van der Waals surface area (Å²) in [5.41, 5.74) is 4.79. The number of nitrogens with two attached hydrogens (primary N) is 1. The van der Waals surface area contributed by atoms with Gasteiger partial charge in [-0.05, 0) is 39.0 Å². The number of hydrogen-bond acceptors (Lipinski definition) is 7. The fourth-order valence-corrected chi connectivity index (χ4v) is 2.28. The molecule has 8 nitrogen and oxygen atoms in total. The molecule has 0 bridgehead atoms. The van der Waals surface area contributed by atoms with Crippen LogP contribution in [0.4, 0.5) is 9.18 Å². The van der Waals surface area contributed by atoms with Gasteiger partial charge in [-0.25, -0.2) is 9.78 Å². The van der Waals surface area contributed by atoms with Gasteiger partial charge in [-0.2, -0.15) is 4.39 Å². The summed E-state index contributed by atoms with van der Waals surface area (Å²) in [6.07, 6.45) is -2.18. The molecule has 1 aromatic heterocycles. The molecule has 1 heterocycles. The van der Waals surface area contributed by atoms with E-state index in [9.17, 15) is 14.0 Å². The van der Waals surface area contributed by atoms with E-state index in [-0.39, 0.29) is 11.7 Å². The minimum Gasteiger partial charge on any atom is -0.490 e. The van der Waals surface area contributed by atoms with Crippen molar-refractivity contribution in [2.24, 2.45) is 5.73 Å². The molecule has 26 heavy (non-hydrogen) atoms. The van der Waals surface area contributed by atoms with Gasteiger partial charge in [0.05, 0.1) is 13.2 Å². The Morgan fingerprint density at radius 1 is 1.23 bits per heavy atom. The number of ether oxygens (including phenoxy) is 3. The summed E-state index contributed by atoms with van der Waals surface area (Å²) >= 11 is 0. The number of carbonyl (C=O) groups is 2. The Morgan fingerprint density at radius 2 is 1.88 bits per heavy atom. The Labute approximate surface area is 149 Å². The topological polar surface area (TPSA) is 114 Å². The average Bonchev–Trinajstić information content (AvgIpc) is 3.02. The van der Waals surface area contributed by atoms with Crippen molar-refractivity contribution in [3.05, 3.63) is 29.7 Å². The number of halogens is 1. The number of oxazole rings is 1. The SMILES string of the molecule is CCOc1ccc(-c2nc(C(=O)F)c(C(C)OC(N)=O)o2)cc1OCC. The fraction of sp³-hybridized carbons (Fsp3) is 0.353. The highest BCUT2D eigenvalue weighted by Crippen LogP contribution is 2.34. The van der Waals surface area contributed by atoms with Crippen molar-refractivity contribution in [3.8, 4) is 23.0 Å².